The van der Waals surface area contributed by atoms with Crippen LogP contribution < -0.4 is 5.73 Å². The first-order valence-electron chi connectivity index (χ1n) is 5.70. The monoisotopic (exact) mass is 336 g/mol. The van der Waals surface area contributed by atoms with Crippen molar-refractivity contribution in [2.45, 2.75) is 25.1 Å². The van der Waals surface area contributed by atoms with Gasteiger partial charge < -0.3 is 10.6 Å². The normalized spacial score (nSPS) is 15.4. The molecule has 0 spiro atoms. The molecule has 1 aliphatic carbocycles. The fourth-order valence-electron chi connectivity index (χ4n) is 1.77. The van der Waals surface area contributed by atoms with E-state index in [4.69, 9.17) is 5.73 Å². The van der Waals surface area contributed by atoms with Gasteiger partial charge in [-0.1, -0.05) is 0 Å². The molecule has 0 atom stereocenters. The van der Waals surface area contributed by atoms with Gasteiger partial charge in [0.1, 0.15) is 6.54 Å². The second-order valence-electron chi connectivity index (χ2n) is 4.52. The Labute approximate surface area is 116 Å². The summed E-state index contributed by atoms with van der Waals surface area (Å²) in [6.45, 7) is -1.21. The Hall–Kier alpha value is -1.24. The highest BCUT2D eigenvalue weighted by Gasteiger charge is 2.40. The summed E-state index contributed by atoms with van der Waals surface area (Å²) in [5.74, 6) is -0.611. The maximum absolute atomic E-state index is 12.5. The molecule has 0 aromatic heterocycles. The molecule has 0 radical (unpaired) electrons. The molecule has 7 heteroatoms. The highest BCUT2D eigenvalue weighted by molar-refractivity contribution is 9.10. The molecule has 0 saturated heterocycles. The molecule has 2 N–H and O–H groups in total. The van der Waals surface area contributed by atoms with Crippen LogP contribution in [-0.2, 0) is 0 Å². The van der Waals surface area contributed by atoms with Gasteiger partial charge in [-0.2, -0.15) is 13.2 Å². The predicted molar refractivity (Wildman–Crippen MR) is 68.7 cm³/mol. The van der Waals surface area contributed by atoms with Crippen molar-refractivity contribution in [2.24, 2.45) is 0 Å². The van der Waals surface area contributed by atoms with E-state index in [-0.39, 0.29) is 11.6 Å². The second-order valence-corrected chi connectivity index (χ2v) is 5.37. The van der Waals surface area contributed by atoms with E-state index in [0.717, 1.165) is 4.90 Å². The van der Waals surface area contributed by atoms with E-state index >= 15 is 0 Å². The number of hydrogen-bond acceptors (Lipinski definition) is 2. The van der Waals surface area contributed by atoms with Crippen molar-refractivity contribution in [3.8, 4) is 0 Å². The first-order chi connectivity index (χ1) is 8.78. The molecule has 1 saturated carbocycles. The van der Waals surface area contributed by atoms with Crippen LogP contribution in [0.2, 0.25) is 0 Å². The van der Waals surface area contributed by atoms with Crippen molar-refractivity contribution < 1.29 is 18.0 Å². The van der Waals surface area contributed by atoms with Crippen LogP contribution in [0.25, 0.3) is 0 Å². The minimum atomic E-state index is -4.39. The number of nitrogen functional groups attached to an aromatic ring is 1. The average Bonchev–Trinajstić information content (AvgIpc) is 3.11. The Morgan fingerprint density at radius 3 is 2.53 bits per heavy atom. The van der Waals surface area contributed by atoms with Gasteiger partial charge in [0.2, 0.25) is 0 Å². The third-order valence-corrected chi connectivity index (χ3v) is 3.53. The molecule has 0 unspecified atom stereocenters. The fraction of sp³-hybridized carbons (Fsp3) is 0.417. The van der Waals surface area contributed by atoms with Gasteiger partial charge in [-0.3, -0.25) is 4.79 Å². The van der Waals surface area contributed by atoms with Gasteiger partial charge in [0.25, 0.3) is 5.91 Å². The highest BCUT2D eigenvalue weighted by Crippen LogP contribution is 2.32. The molecule has 1 aromatic rings. The number of carbonyl (C=O) groups excluding carboxylic acids is 1. The van der Waals surface area contributed by atoms with Gasteiger partial charge in [-0.15, -0.1) is 0 Å². The summed E-state index contributed by atoms with van der Waals surface area (Å²) in [5.41, 5.74) is 6.23. The van der Waals surface area contributed by atoms with Crippen molar-refractivity contribution in [2.75, 3.05) is 12.3 Å². The number of benzene rings is 1. The standard InChI is InChI=1S/C12H12BrF3N2O/c13-9-5-7(1-4-10(9)17)11(19)18(8-2-3-8)6-12(14,15)16/h1,4-5,8H,2-3,6,17H2. The van der Waals surface area contributed by atoms with Crippen LogP contribution in [0.4, 0.5) is 18.9 Å². The van der Waals surface area contributed by atoms with Gasteiger partial charge >= 0.3 is 6.18 Å². The summed E-state index contributed by atoms with van der Waals surface area (Å²) in [6.07, 6.45) is -3.14. The lowest BCUT2D eigenvalue weighted by molar-refractivity contribution is -0.141. The van der Waals surface area contributed by atoms with Crippen LogP contribution in [0.3, 0.4) is 0 Å². The molecule has 0 heterocycles. The highest BCUT2D eigenvalue weighted by atomic mass is 79.9. The van der Waals surface area contributed by atoms with E-state index in [2.05, 4.69) is 15.9 Å². The quantitative estimate of drug-likeness (QED) is 0.861. The van der Waals surface area contributed by atoms with E-state index in [0.29, 0.717) is 23.0 Å². The molecule has 1 aliphatic rings. The van der Waals surface area contributed by atoms with Gasteiger partial charge in [-0.05, 0) is 47.0 Å². The van der Waals surface area contributed by atoms with Crippen LogP contribution in [-0.4, -0.2) is 29.6 Å². The van der Waals surface area contributed by atoms with Crippen molar-refractivity contribution in [1.29, 1.82) is 0 Å². The molecule has 2 rings (SSSR count). The predicted octanol–water partition coefficient (Wildman–Crippen LogP) is 3.20. The minimum absolute atomic E-state index is 0.206. The maximum Gasteiger partial charge on any atom is 0.406 e. The number of rotatable bonds is 3. The molecule has 1 fully saturated rings. The van der Waals surface area contributed by atoms with Crippen molar-refractivity contribution in [3.05, 3.63) is 28.2 Å². The largest absolute Gasteiger partial charge is 0.406 e. The number of hydrogen-bond donors (Lipinski definition) is 1. The molecular formula is C12H12BrF3N2O. The molecule has 104 valence electrons. The van der Waals surface area contributed by atoms with E-state index in [1.807, 2.05) is 0 Å². The number of amides is 1. The summed E-state index contributed by atoms with van der Waals surface area (Å²) in [6, 6.07) is 4.08. The molecule has 1 aromatic carbocycles. The minimum Gasteiger partial charge on any atom is -0.398 e. The molecule has 3 nitrogen and oxygen atoms in total. The smallest absolute Gasteiger partial charge is 0.398 e. The zero-order valence-electron chi connectivity index (χ0n) is 9.88. The van der Waals surface area contributed by atoms with E-state index in [1.54, 1.807) is 0 Å². The average molecular weight is 337 g/mol. The van der Waals surface area contributed by atoms with Crippen LogP contribution in [0, 0.1) is 0 Å². The van der Waals surface area contributed by atoms with Crippen LogP contribution >= 0.6 is 15.9 Å². The van der Waals surface area contributed by atoms with Crippen LogP contribution in [0.5, 0.6) is 0 Å². The van der Waals surface area contributed by atoms with Crippen molar-refractivity contribution >= 4 is 27.5 Å². The molecule has 0 aliphatic heterocycles. The topological polar surface area (TPSA) is 46.3 Å². The SMILES string of the molecule is Nc1ccc(C(=O)N(CC(F)(F)F)C2CC2)cc1Br. The number of alkyl halides is 3. The van der Waals surface area contributed by atoms with Gasteiger partial charge in [0.15, 0.2) is 0 Å². The van der Waals surface area contributed by atoms with Gasteiger partial charge in [0.05, 0.1) is 0 Å². The summed E-state index contributed by atoms with van der Waals surface area (Å²) < 4.78 is 38.0. The Balaban J connectivity index is 2.21. The number of carbonyl (C=O) groups is 1. The number of anilines is 1. The van der Waals surface area contributed by atoms with E-state index in [9.17, 15) is 18.0 Å². The summed E-state index contributed by atoms with van der Waals surface area (Å²) >= 11 is 3.16. The fourth-order valence-corrected chi connectivity index (χ4v) is 2.15. The number of nitrogens with two attached hydrogens (primary N) is 1. The maximum atomic E-state index is 12.5. The van der Waals surface area contributed by atoms with Crippen molar-refractivity contribution in [3.63, 3.8) is 0 Å². The van der Waals surface area contributed by atoms with E-state index in [1.165, 1.54) is 18.2 Å². The molecule has 1 amide bonds. The second kappa shape index (κ2) is 5.03. The lowest BCUT2D eigenvalue weighted by Crippen LogP contribution is -2.40. The molecular weight excluding hydrogens is 325 g/mol. The lowest BCUT2D eigenvalue weighted by atomic mass is 10.2. The Kier molecular flexibility index (Phi) is 3.75. The lowest BCUT2D eigenvalue weighted by Gasteiger charge is -2.24. The first-order valence-corrected chi connectivity index (χ1v) is 6.50. The third kappa shape index (κ3) is 3.62. The molecule has 0 bridgehead atoms. The first kappa shape index (κ1) is 14.2. The summed E-state index contributed by atoms with van der Waals surface area (Å²) in [4.78, 5) is 13.0. The summed E-state index contributed by atoms with van der Waals surface area (Å²) in [5, 5.41) is 0. The van der Waals surface area contributed by atoms with Gasteiger partial charge in [-0.25, -0.2) is 0 Å². The zero-order chi connectivity index (χ0) is 14.2. The van der Waals surface area contributed by atoms with Crippen molar-refractivity contribution in [1.82, 2.24) is 4.90 Å². The Morgan fingerprint density at radius 1 is 1.42 bits per heavy atom. The van der Waals surface area contributed by atoms with Gasteiger partial charge in [0, 0.05) is 21.8 Å². The Morgan fingerprint density at radius 2 is 2.05 bits per heavy atom. The summed E-state index contributed by atoms with van der Waals surface area (Å²) in [7, 11) is 0. The van der Waals surface area contributed by atoms with E-state index < -0.39 is 18.6 Å². The third-order valence-electron chi connectivity index (χ3n) is 2.85. The Bertz CT molecular complexity index is 500. The van der Waals surface area contributed by atoms with Crippen LogP contribution in [0.15, 0.2) is 22.7 Å². The zero-order valence-corrected chi connectivity index (χ0v) is 11.5. The molecule has 19 heavy (non-hydrogen) atoms. The van der Waals surface area contributed by atoms with Crippen LogP contribution in [0.1, 0.15) is 23.2 Å². The number of nitrogens with zero attached hydrogens (tertiary/aromatic N) is 1. The number of halogens is 4.